The molecule has 1 rings (SSSR count). The van der Waals surface area contributed by atoms with E-state index >= 15 is 0 Å². The van der Waals surface area contributed by atoms with Gasteiger partial charge in [0.05, 0.1) is 5.92 Å². The van der Waals surface area contributed by atoms with E-state index in [1.54, 1.807) is 13.1 Å². The summed E-state index contributed by atoms with van der Waals surface area (Å²) in [6.45, 7) is 1.83. The van der Waals surface area contributed by atoms with Gasteiger partial charge in [0, 0.05) is 12.1 Å². The summed E-state index contributed by atoms with van der Waals surface area (Å²) < 4.78 is 0. The van der Waals surface area contributed by atoms with Gasteiger partial charge >= 0.3 is 0 Å². The van der Waals surface area contributed by atoms with Gasteiger partial charge in [-0.2, -0.15) is 0 Å². The number of amides is 1. The zero-order valence-electron chi connectivity index (χ0n) is 7.67. The molecule has 0 saturated heterocycles. The summed E-state index contributed by atoms with van der Waals surface area (Å²) in [5.74, 6) is -0.216. The van der Waals surface area contributed by atoms with Crippen LogP contribution >= 0.6 is 11.6 Å². The predicted octanol–water partition coefficient (Wildman–Crippen LogP) is 2.19. The quantitative estimate of drug-likeness (QED) is 0.774. The lowest BCUT2D eigenvalue weighted by Crippen LogP contribution is -2.23. The van der Waals surface area contributed by atoms with E-state index in [-0.39, 0.29) is 11.8 Å². The lowest BCUT2D eigenvalue weighted by molar-refractivity contribution is -0.121. The molecule has 1 aromatic rings. The van der Waals surface area contributed by atoms with Crippen LogP contribution in [-0.2, 0) is 4.79 Å². The minimum atomic E-state index is -0.196. The van der Waals surface area contributed by atoms with Crippen molar-refractivity contribution in [2.75, 3.05) is 7.05 Å². The average molecular weight is 198 g/mol. The number of hydrogen-bond acceptors (Lipinski definition) is 1. The molecule has 0 aliphatic rings. The molecule has 1 N–H and O–H groups in total. The third-order valence-electron chi connectivity index (χ3n) is 2.01. The summed E-state index contributed by atoms with van der Waals surface area (Å²) in [5.41, 5.74) is 0.864. The van der Waals surface area contributed by atoms with E-state index in [2.05, 4.69) is 5.32 Å². The van der Waals surface area contributed by atoms with Crippen LogP contribution in [0.15, 0.2) is 24.3 Å². The van der Waals surface area contributed by atoms with Crippen LogP contribution in [0.1, 0.15) is 18.4 Å². The van der Waals surface area contributed by atoms with Crippen molar-refractivity contribution in [3.05, 3.63) is 34.9 Å². The molecular weight excluding hydrogens is 186 g/mol. The van der Waals surface area contributed by atoms with E-state index in [4.69, 9.17) is 11.6 Å². The largest absolute Gasteiger partial charge is 0.359 e. The molecule has 0 spiro atoms. The monoisotopic (exact) mass is 197 g/mol. The molecule has 0 heterocycles. The Morgan fingerprint density at radius 2 is 2.08 bits per heavy atom. The van der Waals surface area contributed by atoms with E-state index < -0.39 is 0 Å². The molecule has 0 radical (unpaired) electrons. The molecule has 70 valence electrons. The maximum absolute atomic E-state index is 11.3. The van der Waals surface area contributed by atoms with Gasteiger partial charge in [0.2, 0.25) is 5.91 Å². The number of hydrogen-bond donors (Lipinski definition) is 1. The highest BCUT2D eigenvalue weighted by Gasteiger charge is 2.15. The highest BCUT2D eigenvalue weighted by molar-refractivity contribution is 6.31. The van der Waals surface area contributed by atoms with Crippen LogP contribution in [0.5, 0.6) is 0 Å². The molecule has 13 heavy (non-hydrogen) atoms. The fourth-order valence-electron chi connectivity index (χ4n) is 1.18. The number of rotatable bonds is 2. The van der Waals surface area contributed by atoms with Gasteiger partial charge in [-0.3, -0.25) is 4.79 Å². The summed E-state index contributed by atoms with van der Waals surface area (Å²) in [5, 5.41) is 3.23. The number of carbonyl (C=O) groups excluding carboxylic acids is 1. The normalized spacial score (nSPS) is 12.2. The van der Waals surface area contributed by atoms with Crippen LogP contribution in [0.25, 0.3) is 0 Å². The molecule has 0 unspecified atom stereocenters. The van der Waals surface area contributed by atoms with Gasteiger partial charge in [-0.1, -0.05) is 29.8 Å². The summed E-state index contributed by atoms with van der Waals surface area (Å²) >= 11 is 5.94. The fraction of sp³-hybridized carbons (Fsp3) is 0.300. The van der Waals surface area contributed by atoms with Crippen molar-refractivity contribution in [1.29, 1.82) is 0 Å². The second kappa shape index (κ2) is 4.28. The Labute approximate surface area is 82.9 Å². The molecule has 1 amide bonds. The molecule has 1 atom stereocenters. The standard InChI is InChI=1S/C10H12ClNO/c1-7(10(13)12-2)8-5-3-4-6-9(8)11/h3-7H,1-2H3,(H,12,13)/t7-/m0/s1. The third kappa shape index (κ3) is 2.22. The minimum absolute atomic E-state index is 0.0203. The Kier molecular flexibility index (Phi) is 3.32. The molecule has 1 aromatic carbocycles. The fourth-order valence-corrected chi connectivity index (χ4v) is 1.48. The van der Waals surface area contributed by atoms with Gasteiger partial charge in [-0.05, 0) is 18.6 Å². The van der Waals surface area contributed by atoms with Crippen LogP contribution in [0, 0.1) is 0 Å². The highest BCUT2D eigenvalue weighted by Crippen LogP contribution is 2.23. The molecule has 2 nitrogen and oxygen atoms in total. The Morgan fingerprint density at radius 1 is 1.46 bits per heavy atom. The van der Waals surface area contributed by atoms with Crippen LogP contribution in [0.2, 0.25) is 5.02 Å². The Hall–Kier alpha value is -1.02. The van der Waals surface area contributed by atoms with Crippen molar-refractivity contribution in [2.24, 2.45) is 0 Å². The topological polar surface area (TPSA) is 29.1 Å². The van der Waals surface area contributed by atoms with Crippen molar-refractivity contribution in [1.82, 2.24) is 5.32 Å². The summed E-state index contributed by atoms with van der Waals surface area (Å²) in [6.07, 6.45) is 0. The van der Waals surface area contributed by atoms with Crippen LogP contribution in [0.3, 0.4) is 0 Å². The van der Waals surface area contributed by atoms with Gasteiger partial charge in [-0.25, -0.2) is 0 Å². The molecule has 3 heteroatoms. The number of likely N-dealkylation sites (N-methyl/N-ethyl adjacent to an activating group) is 1. The molecule has 0 fully saturated rings. The first-order valence-electron chi connectivity index (χ1n) is 4.13. The van der Waals surface area contributed by atoms with Crippen LogP contribution < -0.4 is 5.32 Å². The SMILES string of the molecule is CNC(=O)[C@@H](C)c1ccccc1Cl. The van der Waals surface area contributed by atoms with Crippen molar-refractivity contribution >= 4 is 17.5 Å². The molecular formula is C10H12ClNO. The minimum Gasteiger partial charge on any atom is -0.359 e. The van der Waals surface area contributed by atoms with Gasteiger partial charge in [0.15, 0.2) is 0 Å². The summed E-state index contributed by atoms with van der Waals surface area (Å²) in [4.78, 5) is 11.3. The molecule has 0 aliphatic heterocycles. The molecule has 0 aliphatic carbocycles. The second-order valence-corrected chi connectivity index (χ2v) is 3.26. The van der Waals surface area contributed by atoms with Gasteiger partial charge in [0.1, 0.15) is 0 Å². The summed E-state index contributed by atoms with van der Waals surface area (Å²) in [7, 11) is 1.62. The van der Waals surface area contributed by atoms with Crippen molar-refractivity contribution in [3.8, 4) is 0 Å². The lowest BCUT2D eigenvalue weighted by Gasteiger charge is -2.11. The molecule has 0 saturated carbocycles. The first-order valence-corrected chi connectivity index (χ1v) is 4.50. The van der Waals surface area contributed by atoms with E-state index in [1.165, 1.54) is 0 Å². The Bertz CT molecular complexity index is 312. The van der Waals surface area contributed by atoms with E-state index in [0.29, 0.717) is 5.02 Å². The first kappa shape index (κ1) is 10.1. The van der Waals surface area contributed by atoms with Gasteiger partial charge < -0.3 is 5.32 Å². The zero-order valence-corrected chi connectivity index (χ0v) is 8.43. The highest BCUT2D eigenvalue weighted by atomic mass is 35.5. The van der Waals surface area contributed by atoms with Crippen molar-refractivity contribution in [2.45, 2.75) is 12.8 Å². The predicted molar refractivity (Wildman–Crippen MR) is 53.9 cm³/mol. The number of carbonyl (C=O) groups is 1. The average Bonchev–Trinajstić information content (AvgIpc) is 2.16. The van der Waals surface area contributed by atoms with Gasteiger partial charge in [-0.15, -0.1) is 0 Å². The van der Waals surface area contributed by atoms with E-state index in [0.717, 1.165) is 5.56 Å². The Morgan fingerprint density at radius 3 is 2.62 bits per heavy atom. The maximum atomic E-state index is 11.3. The molecule has 0 bridgehead atoms. The zero-order chi connectivity index (χ0) is 9.84. The maximum Gasteiger partial charge on any atom is 0.227 e. The van der Waals surface area contributed by atoms with E-state index in [9.17, 15) is 4.79 Å². The first-order chi connectivity index (χ1) is 6.16. The third-order valence-corrected chi connectivity index (χ3v) is 2.36. The van der Waals surface area contributed by atoms with Crippen LogP contribution in [0.4, 0.5) is 0 Å². The smallest absolute Gasteiger partial charge is 0.227 e. The number of halogens is 1. The van der Waals surface area contributed by atoms with Crippen molar-refractivity contribution < 1.29 is 4.79 Å². The van der Waals surface area contributed by atoms with Crippen molar-refractivity contribution in [3.63, 3.8) is 0 Å². The summed E-state index contributed by atoms with van der Waals surface area (Å²) in [6, 6.07) is 7.38. The molecule has 0 aromatic heterocycles. The lowest BCUT2D eigenvalue weighted by atomic mass is 10.0. The van der Waals surface area contributed by atoms with Gasteiger partial charge in [0.25, 0.3) is 0 Å². The van der Waals surface area contributed by atoms with Crippen LogP contribution in [-0.4, -0.2) is 13.0 Å². The Balaban J connectivity index is 2.95. The van der Waals surface area contributed by atoms with E-state index in [1.807, 2.05) is 25.1 Å². The number of benzene rings is 1. The number of nitrogens with one attached hydrogen (secondary N) is 1. The second-order valence-electron chi connectivity index (χ2n) is 2.86.